The SMILES string of the molecule is COc1cc(C(=O)Nc2cc(C(C)C)nn2-c2ncccn2)on1. The summed E-state index contributed by atoms with van der Waals surface area (Å²) in [5.41, 5.74) is 0.799. The Labute approximate surface area is 137 Å². The predicted octanol–water partition coefficient (Wildman–Crippen LogP) is 2.03. The summed E-state index contributed by atoms with van der Waals surface area (Å²) in [6.07, 6.45) is 3.21. The molecule has 0 spiro atoms. The number of methoxy groups -OCH3 is 1. The van der Waals surface area contributed by atoms with Crippen LogP contribution in [0.5, 0.6) is 5.88 Å². The maximum Gasteiger partial charge on any atom is 0.295 e. The summed E-state index contributed by atoms with van der Waals surface area (Å²) in [5, 5.41) is 10.8. The van der Waals surface area contributed by atoms with Crippen LogP contribution in [-0.2, 0) is 0 Å². The van der Waals surface area contributed by atoms with Crippen molar-refractivity contribution in [2.24, 2.45) is 0 Å². The van der Waals surface area contributed by atoms with Crippen LogP contribution in [0.2, 0.25) is 0 Å². The van der Waals surface area contributed by atoms with E-state index in [4.69, 9.17) is 9.26 Å². The van der Waals surface area contributed by atoms with Crippen molar-refractivity contribution in [1.29, 1.82) is 0 Å². The second kappa shape index (κ2) is 6.49. The molecule has 0 saturated carbocycles. The molecular weight excluding hydrogens is 312 g/mol. The van der Waals surface area contributed by atoms with Gasteiger partial charge in [-0.05, 0) is 17.1 Å². The number of ether oxygens (including phenoxy) is 1. The Hall–Kier alpha value is -3.23. The van der Waals surface area contributed by atoms with Crippen LogP contribution in [0.15, 0.2) is 35.1 Å². The van der Waals surface area contributed by atoms with Gasteiger partial charge in [-0.25, -0.2) is 9.97 Å². The van der Waals surface area contributed by atoms with E-state index in [0.717, 1.165) is 5.69 Å². The first-order valence-electron chi connectivity index (χ1n) is 7.28. The molecular formula is C15H16N6O3. The molecule has 0 radical (unpaired) electrons. The number of nitrogens with zero attached hydrogens (tertiary/aromatic N) is 5. The smallest absolute Gasteiger partial charge is 0.295 e. The van der Waals surface area contributed by atoms with Crippen LogP contribution in [-0.4, -0.2) is 37.9 Å². The first-order valence-corrected chi connectivity index (χ1v) is 7.28. The van der Waals surface area contributed by atoms with Crippen molar-refractivity contribution in [3.63, 3.8) is 0 Å². The van der Waals surface area contributed by atoms with E-state index >= 15 is 0 Å². The third-order valence-corrected chi connectivity index (χ3v) is 3.22. The number of amides is 1. The minimum absolute atomic E-state index is 0.0275. The topological polar surface area (TPSA) is 108 Å². The van der Waals surface area contributed by atoms with E-state index in [-0.39, 0.29) is 17.6 Å². The molecule has 0 aliphatic carbocycles. The third-order valence-electron chi connectivity index (χ3n) is 3.22. The summed E-state index contributed by atoms with van der Waals surface area (Å²) in [5.74, 6) is 0.747. The van der Waals surface area contributed by atoms with Crippen LogP contribution >= 0.6 is 0 Å². The van der Waals surface area contributed by atoms with E-state index < -0.39 is 5.91 Å². The number of nitrogens with one attached hydrogen (secondary N) is 1. The van der Waals surface area contributed by atoms with Gasteiger partial charge in [0.1, 0.15) is 5.82 Å². The lowest BCUT2D eigenvalue weighted by Crippen LogP contribution is -2.15. The van der Waals surface area contributed by atoms with Gasteiger partial charge in [-0.3, -0.25) is 4.79 Å². The van der Waals surface area contributed by atoms with E-state index in [0.29, 0.717) is 11.8 Å². The van der Waals surface area contributed by atoms with Gasteiger partial charge in [0, 0.05) is 18.5 Å². The number of aromatic nitrogens is 5. The van der Waals surface area contributed by atoms with Crippen LogP contribution in [0.3, 0.4) is 0 Å². The molecule has 0 fully saturated rings. The zero-order valence-corrected chi connectivity index (χ0v) is 13.4. The molecule has 3 rings (SSSR count). The van der Waals surface area contributed by atoms with Gasteiger partial charge in [-0.1, -0.05) is 13.8 Å². The first-order chi connectivity index (χ1) is 11.6. The summed E-state index contributed by atoms with van der Waals surface area (Å²) in [7, 11) is 1.44. The summed E-state index contributed by atoms with van der Waals surface area (Å²) in [6, 6.07) is 4.88. The van der Waals surface area contributed by atoms with Crippen molar-refractivity contribution >= 4 is 11.7 Å². The maximum absolute atomic E-state index is 12.3. The van der Waals surface area contributed by atoms with E-state index in [1.54, 1.807) is 24.5 Å². The number of carbonyl (C=O) groups is 1. The molecule has 9 heteroatoms. The van der Waals surface area contributed by atoms with Crippen LogP contribution < -0.4 is 10.1 Å². The van der Waals surface area contributed by atoms with Gasteiger partial charge in [0.05, 0.1) is 18.9 Å². The molecule has 0 aliphatic heterocycles. The summed E-state index contributed by atoms with van der Waals surface area (Å²) in [4.78, 5) is 20.6. The average Bonchev–Trinajstić information content (AvgIpc) is 3.22. The van der Waals surface area contributed by atoms with Crippen molar-refractivity contribution in [3.05, 3.63) is 42.0 Å². The quantitative estimate of drug-likeness (QED) is 0.763. The van der Waals surface area contributed by atoms with Crippen molar-refractivity contribution in [3.8, 4) is 11.8 Å². The normalized spacial score (nSPS) is 10.8. The molecule has 0 saturated heterocycles. The maximum atomic E-state index is 12.3. The molecule has 0 aliphatic rings. The number of anilines is 1. The fraction of sp³-hybridized carbons (Fsp3) is 0.267. The zero-order chi connectivity index (χ0) is 17.1. The standard InChI is InChI=1S/C15H16N6O3/c1-9(2)10-7-12(21(19-10)15-16-5-4-6-17-15)18-14(22)11-8-13(23-3)20-24-11/h4-9H,1-3H3,(H,18,22). The van der Waals surface area contributed by atoms with Crippen molar-refractivity contribution in [1.82, 2.24) is 24.9 Å². The van der Waals surface area contributed by atoms with Crippen molar-refractivity contribution in [2.75, 3.05) is 12.4 Å². The highest BCUT2D eigenvalue weighted by Crippen LogP contribution is 2.21. The highest BCUT2D eigenvalue weighted by Gasteiger charge is 2.19. The van der Waals surface area contributed by atoms with Crippen molar-refractivity contribution < 1.29 is 14.1 Å². The van der Waals surface area contributed by atoms with E-state index in [9.17, 15) is 4.79 Å². The Bertz CT molecular complexity index is 840. The first kappa shape index (κ1) is 15.7. The average molecular weight is 328 g/mol. The predicted molar refractivity (Wildman–Crippen MR) is 84.3 cm³/mol. The molecule has 0 unspecified atom stereocenters. The van der Waals surface area contributed by atoms with Gasteiger partial charge in [-0.15, -0.1) is 0 Å². The molecule has 3 aromatic heterocycles. The van der Waals surface area contributed by atoms with Crippen LogP contribution in [0, 0.1) is 0 Å². The second-order valence-electron chi connectivity index (χ2n) is 5.26. The number of carbonyl (C=O) groups excluding carboxylic acids is 1. The summed E-state index contributed by atoms with van der Waals surface area (Å²) >= 11 is 0. The number of rotatable bonds is 5. The minimum atomic E-state index is -0.474. The van der Waals surface area contributed by atoms with Gasteiger partial charge in [0.25, 0.3) is 17.7 Å². The van der Waals surface area contributed by atoms with E-state index in [1.165, 1.54) is 17.9 Å². The summed E-state index contributed by atoms with van der Waals surface area (Å²) < 4.78 is 11.3. The van der Waals surface area contributed by atoms with Crippen molar-refractivity contribution in [2.45, 2.75) is 19.8 Å². The lowest BCUT2D eigenvalue weighted by atomic mass is 10.1. The van der Waals surface area contributed by atoms with E-state index in [2.05, 4.69) is 25.5 Å². The third kappa shape index (κ3) is 3.09. The van der Waals surface area contributed by atoms with Gasteiger partial charge in [0.15, 0.2) is 0 Å². The molecule has 3 heterocycles. The minimum Gasteiger partial charge on any atom is -0.479 e. The van der Waals surface area contributed by atoms with Gasteiger partial charge >= 0.3 is 0 Å². The Kier molecular flexibility index (Phi) is 4.23. The number of hydrogen-bond donors (Lipinski definition) is 1. The molecule has 9 nitrogen and oxygen atoms in total. The largest absolute Gasteiger partial charge is 0.479 e. The second-order valence-corrected chi connectivity index (χ2v) is 5.26. The highest BCUT2D eigenvalue weighted by molar-refractivity contribution is 6.02. The highest BCUT2D eigenvalue weighted by atomic mass is 16.5. The molecule has 1 amide bonds. The molecule has 0 atom stereocenters. The van der Waals surface area contributed by atoms with Gasteiger partial charge in [0.2, 0.25) is 5.76 Å². The monoisotopic (exact) mass is 328 g/mol. The number of hydrogen-bond acceptors (Lipinski definition) is 7. The van der Waals surface area contributed by atoms with Gasteiger partial charge < -0.3 is 14.6 Å². The molecule has 24 heavy (non-hydrogen) atoms. The fourth-order valence-electron chi connectivity index (χ4n) is 1.96. The Morgan fingerprint density at radius 3 is 2.67 bits per heavy atom. The Morgan fingerprint density at radius 2 is 2.04 bits per heavy atom. The van der Waals surface area contributed by atoms with Crippen LogP contribution in [0.1, 0.15) is 36.0 Å². The fourth-order valence-corrected chi connectivity index (χ4v) is 1.96. The van der Waals surface area contributed by atoms with Crippen LogP contribution in [0.4, 0.5) is 5.82 Å². The zero-order valence-electron chi connectivity index (χ0n) is 13.4. The molecule has 3 aromatic rings. The summed E-state index contributed by atoms with van der Waals surface area (Å²) in [6.45, 7) is 4.01. The lowest BCUT2D eigenvalue weighted by molar-refractivity contribution is 0.0987. The lowest BCUT2D eigenvalue weighted by Gasteiger charge is -2.05. The Morgan fingerprint density at radius 1 is 1.29 bits per heavy atom. The van der Waals surface area contributed by atoms with Crippen LogP contribution in [0.25, 0.3) is 5.95 Å². The molecule has 0 aromatic carbocycles. The molecule has 0 bridgehead atoms. The molecule has 124 valence electrons. The van der Waals surface area contributed by atoms with Gasteiger partial charge in [-0.2, -0.15) is 9.78 Å². The van der Waals surface area contributed by atoms with E-state index in [1.807, 2.05) is 13.8 Å². The Balaban J connectivity index is 1.93. The molecule has 1 N–H and O–H groups in total.